The Labute approximate surface area is 83.0 Å². The van der Waals surface area contributed by atoms with Crippen molar-refractivity contribution < 1.29 is 4.79 Å². The van der Waals surface area contributed by atoms with E-state index < -0.39 is 5.91 Å². The van der Waals surface area contributed by atoms with Gasteiger partial charge in [0.25, 0.3) is 5.91 Å². The molecule has 0 aliphatic heterocycles. The maximum Gasteiger partial charge on any atom is 0.268 e. The van der Waals surface area contributed by atoms with Crippen molar-refractivity contribution in [1.82, 2.24) is 4.98 Å². The molecule has 1 rings (SSSR count). The van der Waals surface area contributed by atoms with Gasteiger partial charge in [-0.2, -0.15) is 0 Å². The number of rotatable bonds is 2. The van der Waals surface area contributed by atoms with Crippen molar-refractivity contribution in [1.29, 1.82) is 0 Å². The first kappa shape index (κ1) is 12.1. The summed E-state index contributed by atoms with van der Waals surface area (Å²) >= 11 is 1.47. The number of carbonyl (C=O) groups is 1. The Kier molecular flexibility index (Phi) is 5.30. The molecule has 0 bridgehead atoms. The third kappa shape index (κ3) is 3.55. The summed E-state index contributed by atoms with van der Waals surface area (Å²) in [4.78, 5) is 14.7. The van der Waals surface area contributed by atoms with Crippen LogP contribution in [0.5, 0.6) is 0 Å². The van der Waals surface area contributed by atoms with Crippen LogP contribution in [-0.4, -0.2) is 10.9 Å². The summed E-state index contributed by atoms with van der Waals surface area (Å²) in [6.07, 6.45) is 0. The zero-order valence-corrected chi connectivity index (χ0v) is 9.31. The van der Waals surface area contributed by atoms with Crippen LogP contribution in [0, 0.1) is 0 Å². The molecule has 1 amide bonds. The molecule has 0 saturated carbocycles. The van der Waals surface area contributed by atoms with Crippen LogP contribution in [0.2, 0.25) is 0 Å². The van der Waals surface area contributed by atoms with Crippen LogP contribution in [0.4, 0.5) is 0 Å². The molecule has 13 heavy (non-hydrogen) atoms. The van der Waals surface area contributed by atoms with E-state index in [1.54, 1.807) is 5.38 Å². The second-order valence-electron chi connectivity index (χ2n) is 2.59. The molecule has 1 aromatic heterocycles. The SMILES string of the molecule is CC.CC(C)c1nc(C(N)=O)cs1. The summed E-state index contributed by atoms with van der Waals surface area (Å²) in [7, 11) is 0. The third-order valence-corrected chi connectivity index (χ3v) is 2.41. The average Bonchev–Trinajstić information content (AvgIpc) is 2.56. The number of nitrogens with two attached hydrogens (primary N) is 1. The lowest BCUT2D eigenvalue weighted by atomic mass is 10.2. The number of primary amides is 1. The van der Waals surface area contributed by atoms with E-state index in [-0.39, 0.29) is 0 Å². The standard InChI is InChI=1S/C7H10N2OS.C2H6/c1-4(2)7-9-5(3-11-7)6(8)10;1-2/h3-4H,1-2H3,(H2,8,10);1-2H3. The fourth-order valence-corrected chi connectivity index (χ4v) is 1.49. The summed E-state index contributed by atoms with van der Waals surface area (Å²) in [5.74, 6) is -0.0822. The van der Waals surface area contributed by atoms with Crippen LogP contribution in [0.3, 0.4) is 0 Å². The highest BCUT2D eigenvalue weighted by Crippen LogP contribution is 2.18. The van der Waals surface area contributed by atoms with Crippen molar-refractivity contribution in [2.75, 3.05) is 0 Å². The zero-order chi connectivity index (χ0) is 10.4. The number of carbonyl (C=O) groups excluding carboxylic acids is 1. The van der Waals surface area contributed by atoms with Gasteiger partial charge in [0.2, 0.25) is 0 Å². The van der Waals surface area contributed by atoms with Crippen molar-refractivity contribution in [3.8, 4) is 0 Å². The van der Waals surface area contributed by atoms with Gasteiger partial charge >= 0.3 is 0 Å². The van der Waals surface area contributed by atoms with Gasteiger partial charge in [-0.25, -0.2) is 4.98 Å². The van der Waals surface area contributed by atoms with Gasteiger partial charge in [-0.3, -0.25) is 4.79 Å². The lowest BCUT2D eigenvalue weighted by Crippen LogP contribution is -2.11. The quantitative estimate of drug-likeness (QED) is 0.797. The molecule has 74 valence electrons. The van der Waals surface area contributed by atoms with Crippen molar-refractivity contribution in [3.63, 3.8) is 0 Å². The van der Waals surface area contributed by atoms with E-state index in [2.05, 4.69) is 4.98 Å². The van der Waals surface area contributed by atoms with E-state index >= 15 is 0 Å². The fraction of sp³-hybridized carbons (Fsp3) is 0.556. The Morgan fingerprint density at radius 1 is 1.54 bits per heavy atom. The van der Waals surface area contributed by atoms with Gasteiger partial charge in [-0.05, 0) is 0 Å². The monoisotopic (exact) mass is 200 g/mol. The Bertz CT molecular complexity index is 268. The van der Waals surface area contributed by atoms with Gasteiger partial charge in [-0.15, -0.1) is 11.3 Å². The Hall–Kier alpha value is -0.900. The molecule has 3 nitrogen and oxygen atoms in total. The summed E-state index contributed by atoms with van der Waals surface area (Å²) in [6, 6.07) is 0. The minimum atomic E-state index is -0.451. The van der Waals surface area contributed by atoms with Crippen LogP contribution in [0.25, 0.3) is 0 Å². The molecule has 0 unspecified atom stereocenters. The first-order valence-electron chi connectivity index (χ1n) is 4.36. The van der Waals surface area contributed by atoms with E-state index in [0.29, 0.717) is 11.6 Å². The molecule has 0 saturated heterocycles. The van der Waals surface area contributed by atoms with E-state index in [0.717, 1.165) is 5.01 Å². The molecule has 0 atom stereocenters. The first-order valence-corrected chi connectivity index (χ1v) is 5.24. The predicted octanol–water partition coefficient (Wildman–Crippen LogP) is 2.39. The van der Waals surface area contributed by atoms with Crippen molar-refractivity contribution in [2.24, 2.45) is 5.73 Å². The van der Waals surface area contributed by atoms with Crippen LogP contribution in [-0.2, 0) is 0 Å². The minimum absolute atomic E-state index is 0.369. The average molecular weight is 200 g/mol. The van der Waals surface area contributed by atoms with Crippen molar-refractivity contribution >= 4 is 17.2 Å². The number of hydrogen-bond donors (Lipinski definition) is 1. The highest BCUT2D eigenvalue weighted by atomic mass is 32.1. The lowest BCUT2D eigenvalue weighted by Gasteiger charge is -1.95. The zero-order valence-electron chi connectivity index (χ0n) is 8.50. The van der Waals surface area contributed by atoms with Crippen LogP contribution in [0.15, 0.2) is 5.38 Å². The summed E-state index contributed by atoms with van der Waals surface area (Å²) < 4.78 is 0. The highest BCUT2D eigenvalue weighted by molar-refractivity contribution is 7.09. The molecule has 2 N–H and O–H groups in total. The highest BCUT2D eigenvalue weighted by Gasteiger charge is 2.08. The molecule has 0 aliphatic carbocycles. The van der Waals surface area contributed by atoms with E-state index in [9.17, 15) is 4.79 Å². The summed E-state index contributed by atoms with van der Waals surface area (Å²) in [5.41, 5.74) is 5.41. The minimum Gasteiger partial charge on any atom is -0.364 e. The largest absolute Gasteiger partial charge is 0.364 e. The van der Waals surface area contributed by atoms with Crippen LogP contribution < -0.4 is 5.73 Å². The molecule has 0 radical (unpaired) electrons. The molecule has 0 fully saturated rings. The van der Waals surface area contributed by atoms with Gasteiger partial charge in [0.05, 0.1) is 5.01 Å². The third-order valence-electron chi connectivity index (χ3n) is 1.27. The molecule has 0 aromatic carbocycles. The second-order valence-corrected chi connectivity index (χ2v) is 3.48. The van der Waals surface area contributed by atoms with E-state index in [4.69, 9.17) is 5.73 Å². The van der Waals surface area contributed by atoms with Gasteiger partial charge in [0.15, 0.2) is 0 Å². The molecule has 1 aromatic rings. The smallest absolute Gasteiger partial charge is 0.268 e. The molecule has 1 heterocycles. The normalized spacial score (nSPS) is 9.31. The maximum atomic E-state index is 10.6. The van der Waals surface area contributed by atoms with Crippen molar-refractivity contribution in [3.05, 3.63) is 16.1 Å². The Morgan fingerprint density at radius 2 is 2.08 bits per heavy atom. The second kappa shape index (κ2) is 5.70. The van der Waals surface area contributed by atoms with Crippen LogP contribution >= 0.6 is 11.3 Å². The number of hydrogen-bond acceptors (Lipinski definition) is 3. The maximum absolute atomic E-state index is 10.6. The lowest BCUT2D eigenvalue weighted by molar-refractivity contribution is 0.0996. The van der Waals surface area contributed by atoms with Gasteiger partial charge < -0.3 is 5.73 Å². The molecule has 0 aliphatic rings. The van der Waals surface area contributed by atoms with E-state index in [1.165, 1.54) is 11.3 Å². The summed E-state index contributed by atoms with van der Waals surface area (Å²) in [6.45, 7) is 8.06. The van der Waals surface area contributed by atoms with Crippen LogP contribution in [0.1, 0.15) is 49.1 Å². The summed E-state index contributed by atoms with van der Waals surface area (Å²) in [5, 5.41) is 2.65. The number of aromatic nitrogens is 1. The van der Waals surface area contributed by atoms with E-state index in [1.807, 2.05) is 27.7 Å². The predicted molar refractivity (Wildman–Crippen MR) is 56.1 cm³/mol. The molecular formula is C9H16N2OS. The van der Waals surface area contributed by atoms with Gasteiger partial charge in [0, 0.05) is 11.3 Å². The fourth-order valence-electron chi connectivity index (χ4n) is 0.666. The Balaban J connectivity index is 0.000000671. The molecule has 0 spiro atoms. The number of thiazole rings is 1. The van der Waals surface area contributed by atoms with Gasteiger partial charge in [0.1, 0.15) is 5.69 Å². The topological polar surface area (TPSA) is 56.0 Å². The first-order chi connectivity index (χ1) is 6.11. The number of amides is 1. The molecule has 4 heteroatoms. The van der Waals surface area contributed by atoms with Crippen molar-refractivity contribution in [2.45, 2.75) is 33.6 Å². The van der Waals surface area contributed by atoms with Gasteiger partial charge in [-0.1, -0.05) is 27.7 Å². The Morgan fingerprint density at radius 3 is 2.31 bits per heavy atom. The molecular weight excluding hydrogens is 184 g/mol. The number of nitrogens with zero attached hydrogens (tertiary/aromatic N) is 1.